The normalized spacial score (nSPS) is 20.7. The molecule has 3 rings (SSSR count). The summed E-state index contributed by atoms with van der Waals surface area (Å²) in [4.78, 5) is 26.3. The highest BCUT2D eigenvalue weighted by molar-refractivity contribution is 6.30. The van der Waals surface area contributed by atoms with Gasteiger partial charge in [-0.3, -0.25) is 9.69 Å². The minimum absolute atomic E-state index is 0.201. The van der Waals surface area contributed by atoms with Crippen LogP contribution >= 0.6 is 11.6 Å². The molecule has 1 aliphatic heterocycles. The first-order chi connectivity index (χ1) is 10.9. The zero-order valence-corrected chi connectivity index (χ0v) is 13.7. The fraction of sp³-hybridized carbons (Fsp3) is 0.222. The number of rotatable bonds is 3. The van der Waals surface area contributed by atoms with Gasteiger partial charge < -0.3 is 5.32 Å². The minimum Gasteiger partial charge on any atom is -0.319 e. The second-order valence-corrected chi connectivity index (χ2v) is 6.38. The van der Waals surface area contributed by atoms with Crippen molar-refractivity contribution in [3.8, 4) is 0 Å². The first-order valence-electron chi connectivity index (χ1n) is 7.36. The lowest BCUT2D eigenvalue weighted by molar-refractivity contribution is -0.131. The molecule has 2 aromatic rings. The number of carbonyl (C=O) groups excluding carboxylic acids is 2. The third kappa shape index (κ3) is 2.82. The number of aryl methyl sites for hydroxylation is 1. The average Bonchev–Trinajstić information content (AvgIpc) is 2.72. The van der Waals surface area contributed by atoms with Crippen LogP contribution in [0.25, 0.3) is 0 Å². The molecule has 5 heteroatoms. The van der Waals surface area contributed by atoms with Gasteiger partial charge in [-0.25, -0.2) is 4.79 Å². The van der Waals surface area contributed by atoms with Crippen molar-refractivity contribution in [1.29, 1.82) is 0 Å². The highest BCUT2D eigenvalue weighted by Gasteiger charge is 2.48. The summed E-state index contributed by atoms with van der Waals surface area (Å²) in [5.74, 6) is -0.258. The van der Waals surface area contributed by atoms with Crippen LogP contribution in [0.4, 0.5) is 4.79 Å². The molecule has 1 N–H and O–H groups in total. The van der Waals surface area contributed by atoms with Gasteiger partial charge >= 0.3 is 6.03 Å². The molecule has 1 saturated heterocycles. The van der Waals surface area contributed by atoms with E-state index in [1.807, 2.05) is 37.3 Å². The summed E-state index contributed by atoms with van der Waals surface area (Å²) >= 11 is 5.97. The van der Waals surface area contributed by atoms with Crippen LogP contribution in [0.1, 0.15) is 23.6 Å². The van der Waals surface area contributed by atoms with Gasteiger partial charge in [0.25, 0.3) is 5.91 Å². The monoisotopic (exact) mass is 328 g/mol. The maximum absolute atomic E-state index is 12.8. The molecule has 0 saturated carbocycles. The van der Waals surface area contributed by atoms with Crippen LogP contribution in [0, 0.1) is 6.92 Å². The van der Waals surface area contributed by atoms with Crippen LogP contribution in [0.15, 0.2) is 48.5 Å². The van der Waals surface area contributed by atoms with Crippen molar-refractivity contribution < 1.29 is 9.59 Å². The van der Waals surface area contributed by atoms with Gasteiger partial charge in [0.2, 0.25) is 0 Å². The standard InChI is InChI=1S/C18H17ClN2O2/c1-12-6-8-14(9-7-12)18(2)16(22)21(17(23)20-18)11-13-4-3-5-15(19)10-13/h3-10H,11H2,1-2H3,(H,20,23). The van der Waals surface area contributed by atoms with Gasteiger partial charge in [-0.05, 0) is 37.1 Å². The third-order valence-electron chi connectivity index (χ3n) is 4.13. The van der Waals surface area contributed by atoms with Gasteiger partial charge in [0.15, 0.2) is 0 Å². The molecule has 0 aliphatic carbocycles. The predicted octanol–water partition coefficient (Wildman–Crippen LogP) is 3.62. The maximum Gasteiger partial charge on any atom is 0.325 e. The average molecular weight is 329 g/mol. The van der Waals surface area contributed by atoms with E-state index in [2.05, 4.69) is 5.32 Å². The Hall–Kier alpha value is -2.33. The topological polar surface area (TPSA) is 49.4 Å². The van der Waals surface area contributed by atoms with E-state index in [1.165, 1.54) is 4.90 Å². The lowest BCUT2D eigenvalue weighted by Gasteiger charge is -2.22. The number of halogens is 1. The van der Waals surface area contributed by atoms with E-state index in [-0.39, 0.29) is 12.5 Å². The fourth-order valence-electron chi connectivity index (χ4n) is 2.74. The van der Waals surface area contributed by atoms with Gasteiger partial charge in [-0.15, -0.1) is 0 Å². The smallest absolute Gasteiger partial charge is 0.319 e. The zero-order valence-electron chi connectivity index (χ0n) is 13.0. The van der Waals surface area contributed by atoms with E-state index in [0.717, 1.165) is 16.7 Å². The zero-order chi connectivity index (χ0) is 16.6. The van der Waals surface area contributed by atoms with Gasteiger partial charge in [0.1, 0.15) is 5.54 Å². The van der Waals surface area contributed by atoms with Crippen LogP contribution < -0.4 is 5.32 Å². The second kappa shape index (κ2) is 5.70. The molecule has 1 unspecified atom stereocenters. The van der Waals surface area contributed by atoms with Gasteiger partial charge in [0.05, 0.1) is 6.54 Å². The van der Waals surface area contributed by atoms with Crippen molar-refractivity contribution in [2.24, 2.45) is 0 Å². The molecule has 4 nitrogen and oxygen atoms in total. The quantitative estimate of drug-likeness (QED) is 0.875. The van der Waals surface area contributed by atoms with E-state index in [4.69, 9.17) is 11.6 Å². The molecule has 1 heterocycles. The molecule has 0 bridgehead atoms. The van der Waals surface area contributed by atoms with Gasteiger partial charge in [0, 0.05) is 5.02 Å². The van der Waals surface area contributed by atoms with Crippen LogP contribution in [-0.4, -0.2) is 16.8 Å². The van der Waals surface area contributed by atoms with Crippen LogP contribution in [-0.2, 0) is 16.9 Å². The van der Waals surface area contributed by atoms with Gasteiger partial charge in [-0.1, -0.05) is 53.6 Å². The Morgan fingerprint density at radius 1 is 1.13 bits per heavy atom. The summed E-state index contributed by atoms with van der Waals surface area (Å²) in [5.41, 5.74) is 1.65. The Balaban J connectivity index is 1.89. The van der Waals surface area contributed by atoms with E-state index in [0.29, 0.717) is 5.02 Å². The lowest BCUT2D eigenvalue weighted by Crippen LogP contribution is -2.40. The summed E-state index contributed by atoms with van der Waals surface area (Å²) in [7, 11) is 0. The second-order valence-electron chi connectivity index (χ2n) is 5.94. The van der Waals surface area contributed by atoms with E-state index < -0.39 is 11.6 Å². The van der Waals surface area contributed by atoms with Crippen molar-refractivity contribution in [3.05, 3.63) is 70.2 Å². The molecular formula is C18H17ClN2O2. The van der Waals surface area contributed by atoms with Crippen LogP contribution in [0.5, 0.6) is 0 Å². The van der Waals surface area contributed by atoms with Crippen molar-refractivity contribution in [2.75, 3.05) is 0 Å². The molecule has 2 aromatic carbocycles. The van der Waals surface area contributed by atoms with Gasteiger partial charge in [-0.2, -0.15) is 0 Å². The predicted molar refractivity (Wildman–Crippen MR) is 89.1 cm³/mol. The molecule has 23 heavy (non-hydrogen) atoms. The maximum atomic E-state index is 12.8. The van der Waals surface area contributed by atoms with Crippen LogP contribution in [0.3, 0.4) is 0 Å². The molecule has 118 valence electrons. The highest BCUT2D eigenvalue weighted by Crippen LogP contribution is 2.30. The summed E-state index contributed by atoms with van der Waals surface area (Å²) in [6, 6.07) is 14.4. The third-order valence-corrected chi connectivity index (χ3v) is 4.37. The molecular weight excluding hydrogens is 312 g/mol. The number of hydrogen-bond donors (Lipinski definition) is 1. The van der Waals surface area contributed by atoms with E-state index >= 15 is 0 Å². The molecule has 0 spiro atoms. The molecule has 1 aliphatic rings. The van der Waals surface area contributed by atoms with E-state index in [9.17, 15) is 9.59 Å². The molecule has 1 fully saturated rings. The summed E-state index contributed by atoms with van der Waals surface area (Å²) in [6.07, 6.45) is 0. The minimum atomic E-state index is -1.04. The molecule has 0 radical (unpaired) electrons. The number of nitrogens with one attached hydrogen (secondary N) is 1. The molecule has 1 atom stereocenters. The van der Waals surface area contributed by atoms with Crippen molar-refractivity contribution in [3.63, 3.8) is 0 Å². The van der Waals surface area contributed by atoms with Crippen molar-refractivity contribution in [2.45, 2.75) is 25.9 Å². The number of imide groups is 1. The number of hydrogen-bond acceptors (Lipinski definition) is 2. The Labute approximate surface area is 140 Å². The lowest BCUT2D eigenvalue weighted by atomic mass is 9.91. The summed E-state index contributed by atoms with van der Waals surface area (Å²) < 4.78 is 0. The molecule has 0 aromatic heterocycles. The molecule has 3 amide bonds. The number of benzene rings is 2. The first kappa shape index (κ1) is 15.6. The Morgan fingerprint density at radius 3 is 2.48 bits per heavy atom. The summed E-state index contributed by atoms with van der Waals surface area (Å²) in [6.45, 7) is 3.91. The Kier molecular flexibility index (Phi) is 3.86. The number of carbonyl (C=O) groups is 2. The van der Waals surface area contributed by atoms with Crippen molar-refractivity contribution >= 4 is 23.5 Å². The number of urea groups is 1. The fourth-order valence-corrected chi connectivity index (χ4v) is 2.95. The number of amides is 3. The largest absolute Gasteiger partial charge is 0.325 e. The summed E-state index contributed by atoms with van der Waals surface area (Å²) in [5, 5.41) is 3.38. The Bertz CT molecular complexity index is 773. The van der Waals surface area contributed by atoms with Crippen LogP contribution in [0.2, 0.25) is 5.02 Å². The Morgan fingerprint density at radius 2 is 1.83 bits per heavy atom. The SMILES string of the molecule is Cc1ccc(C2(C)NC(=O)N(Cc3cccc(Cl)c3)C2=O)cc1. The first-order valence-corrected chi connectivity index (χ1v) is 7.73. The van der Waals surface area contributed by atoms with Crippen molar-refractivity contribution in [1.82, 2.24) is 10.2 Å². The number of nitrogens with zero attached hydrogens (tertiary/aromatic N) is 1. The highest BCUT2D eigenvalue weighted by atomic mass is 35.5. The van der Waals surface area contributed by atoms with E-state index in [1.54, 1.807) is 25.1 Å².